The molecule has 0 atom stereocenters. The van der Waals surface area contributed by atoms with Crippen LogP contribution in [0.15, 0.2) is 77.6 Å². The molecule has 0 bridgehead atoms. The molecule has 0 unspecified atom stereocenters. The van der Waals surface area contributed by atoms with E-state index in [1.54, 1.807) is 6.07 Å². The van der Waals surface area contributed by atoms with E-state index in [1.165, 1.54) is 0 Å². The van der Waals surface area contributed by atoms with Crippen LogP contribution in [0.2, 0.25) is 0 Å². The lowest BCUT2D eigenvalue weighted by Crippen LogP contribution is -2.19. The van der Waals surface area contributed by atoms with Gasteiger partial charge in [0.1, 0.15) is 11.6 Å². The van der Waals surface area contributed by atoms with E-state index in [-0.39, 0.29) is 5.43 Å². The predicted molar refractivity (Wildman–Crippen MR) is 116 cm³/mol. The fourth-order valence-electron chi connectivity index (χ4n) is 3.38. The molecule has 4 aromatic rings. The van der Waals surface area contributed by atoms with E-state index in [0.717, 1.165) is 22.6 Å². The quantitative estimate of drug-likeness (QED) is 0.574. The summed E-state index contributed by atoms with van der Waals surface area (Å²) < 4.78 is 2.07. The highest BCUT2D eigenvalue weighted by atomic mass is 16.1. The first-order valence-electron chi connectivity index (χ1n) is 9.17. The summed E-state index contributed by atoms with van der Waals surface area (Å²) >= 11 is 0. The highest BCUT2D eigenvalue weighted by Gasteiger charge is 2.17. The van der Waals surface area contributed by atoms with Gasteiger partial charge in [-0.3, -0.25) is 9.36 Å². The van der Waals surface area contributed by atoms with E-state index in [2.05, 4.69) is 14.9 Å². The SMILES string of the molecule is Cc1cc2c(c(N(C)C)n1)c(=O)cc(Nc1ccccc1)n2-c1ccccc1. The second-order valence-corrected chi connectivity index (χ2v) is 6.93. The summed E-state index contributed by atoms with van der Waals surface area (Å²) in [6.07, 6.45) is 0. The van der Waals surface area contributed by atoms with Gasteiger partial charge >= 0.3 is 0 Å². The molecule has 0 aliphatic rings. The Morgan fingerprint density at radius 3 is 2.21 bits per heavy atom. The van der Waals surface area contributed by atoms with E-state index in [4.69, 9.17) is 0 Å². The minimum Gasteiger partial charge on any atom is -0.362 e. The molecular formula is C23H22N4O. The summed E-state index contributed by atoms with van der Waals surface area (Å²) in [5.41, 5.74) is 3.52. The topological polar surface area (TPSA) is 50.2 Å². The molecule has 0 amide bonds. The monoisotopic (exact) mass is 370 g/mol. The second kappa shape index (κ2) is 7.19. The molecule has 0 spiro atoms. The molecule has 2 aromatic heterocycles. The number of fused-ring (bicyclic) bond motifs is 1. The van der Waals surface area contributed by atoms with Crippen molar-refractivity contribution >= 4 is 28.2 Å². The van der Waals surface area contributed by atoms with Crippen molar-refractivity contribution in [3.8, 4) is 5.69 Å². The van der Waals surface area contributed by atoms with Crippen LogP contribution in [0.3, 0.4) is 0 Å². The number of nitrogens with zero attached hydrogens (tertiary/aromatic N) is 3. The van der Waals surface area contributed by atoms with Gasteiger partial charge in [0.05, 0.1) is 10.9 Å². The molecule has 28 heavy (non-hydrogen) atoms. The Kier molecular flexibility index (Phi) is 4.57. The van der Waals surface area contributed by atoms with Crippen molar-refractivity contribution in [2.75, 3.05) is 24.3 Å². The van der Waals surface area contributed by atoms with E-state index in [0.29, 0.717) is 17.0 Å². The molecule has 0 saturated heterocycles. The van der Waals surface area contributed by atoms with Gasteiger partial charge in [0.2, 0.25) is 0 Å². The van der Waals surface area contributed by atoms with E-state index in [1.807, 2.05) is 92.6 Å². The lowest BCUT2D eigenvalue weighted by atomic mass is 10.1. The Balaban J connectivity index is 2.08. The second-order valence-electron chi connectivity index (χ2n) is 6.93. The van der Waals surface area contributed by atoms with Gasteiger partial charge in [-0.2, -0.15) is 0 Å². The maximum atomic E-state index is 13.1. The molecule has 2 heterocycles. The van der Waals surface area contributed by atoms with Crippen molar-refractivity contribution in [1.29, 1.82) is 0 Å². The molecule has 0 aliphatic heterocycles. The number of aryl methyl sites for hydroxylation is 1. The van der Waals surface area contributed by atoms with Gasteiger partial charge in [-0.05, 0) is 37.3 Å². The molecule has 0 aliphatic carbocycles. The Morgan fingerprint density at radius 1 is 0.929 bits per heavy atom. The predicted octanol–water partition coefficient (Wildman–Crippen LogP) is 4.50. The van der Waals surface area contributed by atoms with Crippen molar-refractivity contribution in [3.63, 3.8) is 0 Å². The van der Waals surface area contributed by atoms with Crippen LogP contribution in [0, 0.1) is 6.92 Å². The molecule has 2 aromatic carbocycles. The van der Waals surface area contributed by atoms with Gasteiger partial charge in [0.15, 0.2) is 5.43 Å². The van der Waals surface area contributed by atoms with Crippen molar-refractivity contribution in [1.82, 2.24) is 9.55 Å². The Bertz CT molecular complexity index is 1180. The standard InChI is InChI=1S/C23H22N4O/c1-16-14-19-22(23(24-16)26(2)3)20(28)15-21(25-17-10-6-4-7-11-17)27(19)18-12-8-5-9-13-18/h4-15,25H,1-3H3. The number of aromatic nitrogens is 2. The zero-order chi connectivity index (χ0) is 19.7. The van der Waals surface area contributed by atoms with Crippen molar-refractivity contribution in [3.05, 3.63) is 88.7 Å². The first kappa shape index (κ1) is 17.8. The van der Waals surface area contributed by atoms with Gasteiger partial charge in [0.25, 0.3) is 0 Å². The minimum absolute atomic E-state index is 0.0585. The first-order chi connectivity index (χ1) is 13.5. The number of anilines is 3. The smallest absolute Gasteiger partial charge is 0.195 e. The van der Waals surface area contributed by atoms with Crippen LogP contribution in [0.25, 0.3) is 16.6 Å². The van der Waals surface area contributed by atoms with Gasteiger partial charge < -0.3 is 10.2 Å². The number of hydrogen-bond acceptors (Lipinski definition) is 4. The van der Waals surface area contributed by atoms with Crippen LogP contribution >= 0.6 is 0 Å². The zero-order valence-corrected chi connectivity index (χ0v) is 16.2. The van der Waals surface area contributed by atoms with E-state index >= 15 is 0 Å². The molecule has 5 nitrogen and oxygen atoms in total. The number of rotatable bonds is 4. The summed E-state index contributed by atoms with van der Waals surface area (Å²) in [6, 6.07) is 23.5. The largest absolute Gasteiger partial charge is 0.362 e. The van der Waals surface area contributed by atoms with Gasteiger partial charge in [0, 0.05) is 37.2 Å². The highest BCUT2D eigenvalue weighted by Crippen LogP contribution is 2.29. The lowest BCUT2D eigenvalue weighted by Gasteiger charge is -2.21. The third-order valence-corrected chi connectivity index (χ3v) is 4.59. The molecule has 4 rings (SSSR count). The summed E-state index contributed by atoms with van der Waals surface area (Å²) in [5, 5.41) is 4.01. The highest BCUT2D eigenvalue weighted by molar-refractivity contribution is 5.93. The molecule has 0 fully saturated rings. The van der Waals surface area contributed by atoms with Gasteiger partial charge in [-0.25, -0.2) is 4.98 Å². The number of hydrogen-bond donors (Lipinski definition) is 1. The van der Waals surface area contributed by atoms with Crippen molar-refractivity contribution < 1.29 is 0 Å². The van der Waals surface area contributed by atoms with Crippen molar-refractivity contribution in [2.45, 2.75) is 6.92 Å². The molecule has 1 N–H and O–H groups in total. The summed E-state index contributed by atoms with van der Waals surface area (Å²) in [4.78, 5) is 19.6. The third-order valence-electron chi connectivity index (χ3n) is 4.59. The van der Waals surface area contributed by atoms with Crippen LogP contribution in [0.1, 0.15) is 5.69 Å². The van der Waals surface area contributed by atoms with Crippen LogP contribution in [0.5, 0.6) is 0 Å². The maximum Gasteiger partial charge on any atom is 0.195 e. The summed E-state index contributed by atoms with van der Waals surface area (Å²) in [5.74, 6) is 1.39. The lowest BCUT2D eigenvalue weighted by molar-refractivity contribution is 1.04. The number of para-hydroxylation sites is 2. The molecule has 5 heteroatoms. The molecule has 0 radical (unpaired) electrons. The van der Waals surface area contributed by atoms with Crippen molar-refractivity contribution in [2.24, 2.45) is 0 Å². The Hall–Kier alpha value is -3.60. The minimum atomic E-state index is -0.0585. The normalized spacial score (nSPS) is 10.8. The molecular weight excluding hydrogens is 348 g/mol. The fraction of sp³-hybridized carbons (Fsp3) is 0.130. The van der Waals surface area contributed by atoms with E-state index < -0.39 is 0 Å². The maximum absolute atomic E-state index is 13.1. The first-order valence-corrected chi connectivity index (χ1v) is 9.17. The van der Waals surface area contributed by atoms with Gasteiger partial charge in [-0.1, -0.05) is 36.4 Å². The zero-order valence-electron chi connectivity index (χ0n) is 16.2. The van der Waals surface area contributed by atoms with Gasteiger partial charge in [-0.15, -0.1) is 0 Å². The summed E-state index contributed by atoms with van der Waals surface area (Å²) in [7, 11) is 3.81. The molecule has 140 valence electrons. The Labute approximate surface area is 163 Å². The fourth-order valence-corrected chi connectivity index (χ4v) is 3.38. The average molecular weight is 370 g/mol. The number of nitrogens with one attached hydrogen (secondary N) is 1. The summed E-state index contributed by atoms with van der Waals surface area (Å²) in [6.45, 7) is 1.95. The van der Waals surface area contributed by atoms with Crippen LogP contribution < -0.4 is 15.6 Å². The number of benzene rings is 2. The van der Waals surface area contributed by atoms with Crippen LogP contribution in [-0.2, 0) is 0 Å². The van der Waals surface area contributed by atoms with Crippen LogP contribution in [-0.4, -0.2) is 23.6 Å². The Morgan fingerprint density at radius 2 is 1.57 bits per heavy atom. The molecule has 0 saturated carbocycles. The third kappa shape index (κ3) is 3.22. The van der Waals surface area contributed by atoms with Crippen LogP contribution in [0.4, 0.5) is 17.3 Å². The van der Waals surface area contributed by atoms with E-state index in [9.17, 15) is 4.79 Å². The number of pyridine rings is 2. The average Bonchev–Trinajstić information content (AvgIpc) is 2.68.